The largest absolute Gasteiger partial charge is 0.573 e. The Hall–Kier alpha value is -4.74. The molecule has 9 nitrogen and oxygen atoms in total. The third kappa shape index (κ3) is 7.65. The molecule has 0 saturated heterocycles. The van der Waals surface area contributed by atoms with E-state index < -0.39 is 30.0 Å². The zero-order chi connectivity index (χ0) is 28.7. The van der Waals surface area contributed by atoms with Gasteiger partial charge in [0, 0.05) is 42.0 Å². The fourth-order valence-corrected chi connectivity index (χ4v) is 4.45. The summed E-state index contributed by atoms with van der Waals surface area (Å²) in [6.07, 6.45) is -3.74. The first-order valence-corrected chi connectivity index (χ1v) is 12.3. The molecule has 0 radical (unpaired) electrons. The Morgan fingerprint density at radius 1 is 0.925 bits per heavy atom. The Bertz CT molecular complexity index is 1350. The van der Waals surface area contributed by atoms with E-state index >= 15 is 0 Å². The lowest BCUT2D eigenvalue weighted by Crippen LogP contribution is -2.43. The third-order valence-electron chi connectivity index (χ3n) is 6.37. The summed E-state index contributed by atoms with van der Waals surface area (Å²) in [5.41, 5.74) is 3.65. The maximum atomic E-state index is 13.4. The van der Waals surface area contributed by atoms with Crippen LogP contribution in [0.5, 0.6) is 5.75 Å². The molecule has 0 fully saturated rings. The number of urea groups is 1. The van der Waals surface area contributed by atoms with Crippen LogP contribution in [0.3, 0.4) is 0 Å². The predicted octanol–water partition coefficient (Wildman–Crippen LogP) is 5.20. The molecule has 0 saturated carbocycles. The van der Waals surface area contributed by atoms with E-state index in [4.69, 9.17) is 0 Å². The number of carbonyl (C=O) groups is 3. The summed E-state index contributed by atoms with van der Waals surface area (Å²) in [5.74, 6) is -1.68. The smallest absolute Gasteiger partial charge is 0.406 e. The van der Waals surface area contributed by atoms with Crippen LogP contribution in [0.25, 0.3) is 0 Å². The minimum Gasteiger partial charge on any atom is -0.406 e. The van der Waals surface area contributed by atoms with Gasteiger partial charge >= 0.3 is 12.4 Å². The van der Waals surface area contributed by atoms with Crippen LogP contribution in [0.2, 0.25) is 0 Å². The summed E-state index contributed by atoms with van der Waals surface area (Å²) in [6.45, 7) is 0.186. The molecule has 1 aliphatic rings. The predicted molar refractivity (Wildman–Crippen MR) is 140 cm³/mol. The first-order chi connectivity index (χ1) is 19.1. The molecule has 3 aromatic carbocycles. The van der Waals surface area contributed by atoms with Crippen LogP contribution in [0.4, 0.5) is 23.7 Å². The van der Waals surface area contributed by atoms with Gasteiger partial charge in [-0.25, -0.2) is 4.79 Å². The van der Waals surface area contributed by atoms with Crippen LogP contribution < -0.4 is 15.4 Å². The summed E-state index contributed by atoms with van der Waals surface area (Å²) < 4.78 is 41.3. The Morgan fingerprint density at radius 2 is 1.55 bits per heavy atom. The molecular weight excluding hydrogens is 529 g/mol. The number of nitrogens with zero attached hydrogens (tertiary/aromatic N) is 2. The van der Waals surface area contributed by atoms with Gasteiger partial charge in [0.15, 0.2) is 0 Å². The van der Waals surface area contributed by atoms with E-state index in [0.29, 0.717) is 24.1 Å². The van der Waals surface area contributed by atoms with E-state index in [9.17, 15) is 32.5 Å². The monoisotopic (exact) mass is 554 g/mol. The first-order valence-electron chi connectivity index (χ1n) is 12.3. The molecule has 0 atom stereocenters. The number of halogens is 3. The number of anilines is 1. The van der Waals surface area contributed by atoms with Crippen LogP contribution >= 0.6 is 0 Å². The number of alkyl halides is 3. The van der Waals surface area contributed by atoms with Gasteiger partial charge in [-0.05, 0) is 65.9 Å². The second-order valence-corrected chi connectivity index (χ2v) is 9.15. The van der Waals surface area contributed by atoms with Crippen molar-refractivity contribution in [1.29, 1.82) is 0 Å². The number of fused-ring (bicyclic) bond motifs is 1. The van der Waals surface area contributed by atoms with E-state index in [1.807, 2.05) is 24.3 Å². The van der Waals surface area contributed by atoms with E-state index in [2.05, 4.69) is 20.5 Å². The van der Waals surface area contributed by atoms with Crippen LogP contribution in [0.15, 0.2) is 78.0 Å². The summed E-state index contributed by atoms with van der Waals surface area (Å²) in [7, 11) is 0. The zero-order valence-electron chi connectivity index (χ0n) is 21.1. The van der Waals surface area contributed by atoms with Gasteiger partial charge in [0.2, 0.25) is 0 Å². The molecule has 12 heteroatoms. The lowest BCUT2D eigenvalue weighted by Gasteiger charge is -2.29. The highest BCUT2D eigenvalue weighted by Crippen LogP contribution is 2.28. The zero-order valence-corrected chi connectivity index (χ0v) is 21.1. The molecule has 1 aliphatic carbocycles. The average Bonchev–Trinajstić information content (AvgIpc) is 3.36. The highest BCUT2D eigenvalue weighted by Gasteiger charge is 2.32. The summed E-state index contributed by atoms with van der Waals surface area (Å²) in [6, 6.07) is 18.8. The molecule has 40 heavy (non-hydrogen) atoms. The van der Waals surface area contributed by atoms with Crippen molar-refractivity contribution < 1.29 is 32.3 Å². The molecule has 0 spiro atoms. The fourth-order valence-electron chi connectivity index (χ4n) is 4.45. The SMILES string of the molecule is O=NC(=O)CCNC(=O)c1ccc(CN(C(=O)Nc2ccc(OC(F)(F)F)cc2)C2Cc3ccccc3C2)cc1. The number of hydrogen-bond donors (Lipinski definition) is 2. The lowest BCUT2D eigenvalue weighted by molar-refractivity contribution is -0.274. The standard InChI is InChI=1S/C28H25F3N4O5/c29-28(30,31)40-24-11-9-22(10-12-24)33-27(38)35(23-15-20-3-1-2-4-21(20)16-23)17-18-5-7-19(8-6-18)26(37)32-14-13-25(36)34-39/h1-12,23H,13-17H2,(H,32,37)(H,33,38). The topological polar surface area (TPSA) is 117 Å². The van der Waals surface area contributed by atoms with Crippen LogP contribution in [-0.4, -0.2) is 41.7 Å². The Labute approximate surface area is 227 Å². The molecule has 3 aromatic rings. The quantitative estimate of drug-likeness (QED) is 0.353. The van der Waals surface area contributed by atoms with Crippen molar-refractivity contribution in [2.24, 2.45) is 5.18 Å². The molecule has 208 valence electrons. The Balaban J connectivity index is 1.46. The second-order valence-electron chi connectivity index (χ2n) is 9.15. The normalized spacial score (nSPS) is 12.8. The van der Waals surface area contributed by atoms with Crippen molar-refractivity contribution in [3.63, 3.8) is 0 Å². The van der Waals surface area contributed by atoms with Crippen LogP contribution in [0, 0.1) is 4.91 Å². The molecule has 4 amide bonds. The second kappa shape index (κ2) is 12.4. The van der Waals surface area contributed by atoms with Gasteiger partial charge in [-0.3, -0.25) is 9.59 Å². The summed E-state index contributed by atoms with van der Waals surface area (Å²) >= 11 is 0. The van der Waals surface area contributed by atoms with Gasteiger partial charge in [-0.2, -0.15) is 0 Å². The number of benzene rings is 3. The van der Waals surface area contributed by atoms with Gasteiger partial charge in [-0.1, -0.05) is 36.4 Å². The Morgan fingerprint density at radius 3 is 2.12 bits per heavy atom. The molecule has 0 aliphatic heterocycles. The van der Waals surface area contributed by atoms with Crippen molar-refractivity contribution in [2.45, 2.75) is 38.2 Å². The molecule has 0 aromatic heterocycles. The van der Waals surface area contributed by atoms with Gasteiger partial charge in [0.25, 0.3) is 11.8 Å². The van der Waals surface area contributed by atoms with E-state index in [-0.39, 0.29) is 25.6 Å². The maximum absolute atomic E-state index is 13.4. The number of amides is 4. The lowest BCUT2D eigenvalue weighted by atomic mass is 10.1. The molecule has 2 N–H and O–H groups in total. The van der Waals surface area contributed by atoms with Crippen molar-refractivity contribution in [3.05, 3.63) is 100.0 Å². The highest BCUT2D eigenvalue weighted by atomic mass is 19.4. The van der Waals surface area contributed by atoms with E-state index in [1.54, 1.807) is 29.2 Å². The molecule has 4 rings (SSSR count). The number of rotatable bonds is 9. The Kier molecular flexibility index (Phi) is 8.77. The van der Waals surface area contributed by atoms with Gasteiger partial charge in [0.1, 0.15) is 5.75 Å². The highest BCUT2D eigenvalue weighted by molar-refractivity contribution is 5.94. The summed E-state index contributed by atoms with van der Waals surface area (Å²) in [5, 5.41) is 7.56. The fraction of sp³-hybridized carbons (Fsp3) is 0.250. The number of nitrogens with one attached hydrogen (secondary N) is 2. The van der Waals surface area contributed by atoms with Crippen molar-refractivity contribution in [1.82, 2.24) is 10.2 Å². The van der Waals surface area contributed by atoms with E-state index in [1.165, 1.54) is 12.1 Å². The number of ether oxygens (including phenoxy) is 1. The van der Waals surface area contributed by atoms with Gasteiger partial charge < -0.3 is 20.3 Å². The summed E-state index contributed by atoms with van der Waals surface area (Å²) in [4.78, 5) is 48.5. The van der Waals surface area contributed by atoms with Crippen molar-refractivity contribution in [3.8, 4) is 5.75 Å². The van der Waals surface area contributed by atoms with Crippen molar-refractivity contribution in [2.75, 3.05) is 11.9 Å². The van der Waals surface area contributed by atoms with Gasteiger partial charge in [0.05, 0.1) is 0 Å². The number of hydrogen-bond acceptors (Lipinski definition) is 5. The van der Waals surface area contributed by atoms with Gasteiger partial charge in [-0.15, -0.1) is 18.1 Å². The van der Waals surface area contributed by atoms with Crippen LogP contribution in [-0.2, 0) is 24.2 Å². The number of nitroso groups, excluding NO2 is 1. The van der Waals surface area contributed by atoms with E-state index in [0.717, 1.165) is 28.8 Å². The molecule has 0 bridgehead atoms. The molecule has 0 heterocycles. The van der Waals surface area contributed by atoms with Crippen LogP contribution in [0.1, 0.15) is 33.5 Å². The molecule has 0 unspecified atom stereocenters. The minimum absolute atomic E-state index is 0.0232. The number of carbonyl (C=O) groups excluding carboxylic acids is 3. The minimum atomic E-state index is -4.82. The molecular formula is C28H25F3N4O5. The van der Waals surface area contributed by atoms with Crippen molar-refractivity contribution >= 4 is 23.5 Å². The maximum Gasteiger partial charge on any atom is 0.573 e. The third-order valence-corrected chi connectivity index (χ3v) is 6.37. The first kappa shape index (κ1) is 28.3. The average molecular weight is 555 g/mol.